The Morgan fingerprint density at radius 1 is 1.44 bits per heavy atom. The summed E-state index contributed by atoms with van der Waals surface area (Å²) in [5.74, 6) is 0.637. The average molecular weight is 263 g/mol. The van der Waals surface area contributed by atoms with Crippen LogP contribution in [0.15, 0.2) is 29.2 Å². The molecule has 1 saturated carbocycles. The molecule has 0 aliphatic heterocycles. The third-order valence-corrected chi connectivity index (χ3v) is 5.08. The van der Waals surface area contributed by atoms with E-state index in [1.807, 2.05) is 6.07 Å². The number of thioether (sulfide) groups is 1. The molecule has 3 atom stereocenters. The SMILES string of the molecule is CCC1CCC(C#N)C(Sc2cccc(F)c2)C1. The van der Waals surface area contributed by atoms with Gasteiger partial charge in [0.25, 0.3) is 0 Å². The van der Waals surface area contributed by atoms with Gasteiger partial charge < -0.3 is 0 Å². The molecule has 1 aromatic rings. The van der Waals surface area contributed by atoms with Gasteiger partial charge in [-0.05, 0) is 43.4 Å². The highest BCUT2D eigenvalue weighted by molar-refractivity contribution is 8.00. The molecule has 0 heterocycles. The van der Waals surface area contributed by atoms with Crippen LogP contribution in [0.25, 0.3) is 0 Å². The van der Waals surface area contributed by atoms with Crippen molar-refractivity contribution < 1.29 is 4.39 Å². The second kappa shape index (κ2) is 6.24. The molecule has 96 valence electrons. The Morgan fingerprint density at radius 3 is 2.94 bits per heavy atom. The van der Waals surface area contributed by atoms with Gasteiger partial charge in [-0.15, -0.1) is 11.8 Å². The first kappa shape index (κ1) is 13.4. The normalized spacial score (nSPS) is 27.7. The van der Waals surface area contributed by atoms with Gasteiger partial charge in [0.05, 0.1) is 12.0 Å². The van der Waals surface area contributed by atoms with E-state index in [1.54, 1.807) is 23.9 Å². The quantitative estimate of drug-likeness (QED) is 0.793. The number of hydrogen-bond acceptors (Lipinski definition) is 2. The zero-order valence-electron chi connectivity index (χ0n) is 10.6. The molecule has 0 amide bonds. The van der Waals surface area contributed by atoms with Gasteiger partial charge in [-0.3, -0.25) is 0 Å². The number of nitriles is 1. The summed E-state index contributed by atoms with van der Waals surface area (Å²) in [6, 6.07) is 9.11. The van der Waals surface area contributed by atoms with Crippen molar-refractivity contribution >= 4 is 11.8 Å². The van der Waals surface area contributed by atoms with Crippen LogP contribution in [0.3, 0.4) is 0 Å². The molecule has 1 aromatic carbocycles. The minimum atomic E-state index is -0.198. The molecule has 18 heavy (non-hydrogen) atoms. The zero-order chi connectivity index (χ0) is 13.0. The highest BCUT2D eigenvalue weighted by Crippen LogP contribution is 2.40. The van der Waals surface area contributed by atoms with Gasteiger partial charge in [0, 0.05) is 10.1 Å². The molecule has 3 heteroatoms. The van der Waals surface area contributed by atoms with Gasteiger partial charge in [-0.2, -0.15) is 5.26 Å². The molecule has 0 aromatic heterocycles. The van der Waals surface area contributed by atoms with Crippen molar-refractivity contribution in [1.29, 1.82) is 5.26 Å². The van der Waals surface area contributed by atoms with Crippen LogP contribution in [0.5, 0.6) is 0 Å². The van der Waals surface area contributed by atoms with E-state index in [9.17, 15) is 9.65 Å². The highest BCUT2D eigenvalue weighted by atomic mass is 32.2. The van der Waals surface area contributed by atoms with Gasteiger partial charge in [0.1, 0.15) is 5.82 Å². The van der Waals surface area contributed by atoms with E-state index in [1.165, 1.54) is 12.5 Å². The number of hydrogen-bond donors (Lipinski definition) is 0. The molecule has 2 rings (SSSR count). The predicted molar refractivity (Wildman–Crippen MR) is 72.8 cm³/mol. The first-order valence-electron chi connectivity index (χ1n) is 6.54. The van der Waals surface area contributed by atoms with Crippen molar-refractivity contribution in [2.45, 2.75) is 42.8 Å². The molecule has 0 saturated heterocycles. The Kier molecular flexibility index (Phi) is 4.66. The summed E-state index contributed by atoms with van der Waals surface area (Å²) in [4.78, 5) is 0.942. The third-order valence-electron chi connectivity index (χ3n) is 3.73. The maximum atomic E-state index is 13.2. The van der Waals surface area contributed by atoms with Crippen molar-refractivity contribution in [3.05, 3.63) is 30.1 Å². The van der Waals surface area contributed by atoms with Crippen molar-refractivity contribution in [2.24, 2.45) is 11.8 Å². The van der Waals surface area contributed by atoms with Crippen molar-refractivity contribution in [2.75, 3.05) is 0 Å². The van der Waals surface area contributed by atoms with Crippen molar-refractivity contribution in [3.8, 4) is 6.07 Å². The number of benzene rings is 1. The topological polar surface area (TPSA) is 23.8 Å². The summed E-state index contributed by atoms with van der Waals surface area (Å²) in [5, 5.41) is 9.53. The number of nitrogens with zero attached hydrogens (tertiary/aromatic N) is 1. The summed E-state index contributed by atoms with van der Waals surface area (Å²) in [6.07, 6.45) is 4.41. The minimum Gasteiger partial charge on any atom is -0.207 e. The predicted octanol–water partition coefficient (Wildman–Crippen LogP) is 4.64. The van der Waals surface area contributed by atoms with E-state index in [2.05, 4.69) is 13.0 Å². The van der Waals surface area contributed by atoms with E-state index in [0.717, 1.165) is 30.1 Å². The summed E-state index contributed by atoms with van der Waals surface area (Å²) in [7, 11) is 0. The van der Waals surface area contributed by atoms with E-state index < -0.39 is 0 Å². The highest BCUT2D eigenvalue weighted by Gasteiger charge is 2.30. The molecule has 1 aliphatic rings. The summed E-state index contributed by atoms with van der Waals surface area (Å²) >= 11 is 1.67. The van der Waals surface area contributed by atoms with E-state index in [4.69, 9.17) is 0 Å². The Hall–Kier alpha value is -1.01. The first-order valence-corrected chi connectivity index (χ1v) is 7.42. The molecule has 0 bridgehead atoms. The maximum Gasteiger partial charge on any atom is 0.124 e. The molecule has 0 spiro atoms. The number of halogens is 1. The second-order valence-corrected chi connectivity index (χ2v) is 6.25. The Labute approximate surface area is 112 Å². The van der Waals surface area contributed by atoms with Gasteiger partial charge in [0.15, 0.2) is 0 Å². The lowest BCUT2D eigenvalue weighted by molar-refractivity contribution is 0.317. The molecular formula is C15H18FNS. The fourth-order valence-electron chi connectivity index (χ4n) is 2.58. The lowest BCUT2D eigenvalue weighted by atomic mass is 9.81. The summed E-state index contributed by atoms with van der Waals surface area (Å²) in [6.45, 7) is 2.21. The van der Waals surface area contributed by atoms with Gasteiger partial charge >= 0.3 is 0 Å². The minimum absolute atomic E-state index is 0.112. The molecule has 1 nitrogen and oxygen atoms in total. The third kappa shape index (κ3) is 3.26. The molecule has 1 aliphatic carbocycles. The zero-order valence-corrected chi connectivity index (χ0v) is 11.4. The monoisotopic (exact) mass is 263 g/mol. The van der Waals surface area contributed by atoms with E-state index in [-0.39, 0.29) is 11.7 Å². The van der Waals surface area contributed by atoms with Crippen LogP contribution in [0.1, 0.15) is 32.6 Å². The van der Waals surface area contributed by atoms with E-state index >= 15 is 0 Å². The largest absolute Gasteiger partial charge is 0.207 e. The molecule has 0 radical (unpaired) electrons. The van der Waals surface area contributed by atoms with Crippen LogP contribution >= 0.6 is 11.8 Å². The van der Waals surface area contributed by atoms with Gasteiger partial charge in [-0.25, -0.2) is 4.39 Å². The second-order valence-electron chi connectivity index (χ2n) is 4.94. The maximum absolute atomic E-state index is 13.2. The Balaban J connectivity index is 2.07. The fourth-order valence-corrected chi connectivity index (χ4v) is 3.99. The number of rotatable bonds is 3. The van der Waals surface area contributed by atoms with Gasteiger partial charge in [0.2, 0.25) is 0 Å². The summed E-state index contributed by atoms with van der Waals surface area (Å²) in [5.41, 5.74) is 0. The van der Waals surface area contributed by atoms with Crippen molar-refractivity contribution in [3.63, 3.8) is 0 Å². The molecule has 3 unspecified atom stereocenters. The standard InChI is InChI=1S/C15H18FNS/c1-2-11-6-7-12(10-17)15(8-11)18-14-5-3-4-13(16)9-14/h3-5,9,11-12,15H,2,6-8H2,1H3. The lowest BCUT2D eigenvalue weighted by Crippen LogP contribution is -2.25. The average Bonchev–Trinajstić information content (AvgIpc) is 2.38. The van der Waals surface area contributed by atoms with Crippen LogP contribution in [0.4, 0.5) is 4.39 Å². The van der Waals surface area contributed by atoms with E-state index in [0.29, 0.717) is 5.25 Å². The lowest BCUT2D eigenvalue weighted by Gasteiger charge is -2.31. The van der Waals surface area contributed by atoms with Crippen LogP contribution in [0.2, 0.25) is 0 Å². The fraction of sp³-hybridized carbons (Fsp3) is 0.533. The first-order chi connectivity index (χ1) is 8.72. The summed E-state index contributed by atoms with van der Waals surface area (Å²) < 4.78 is 13.2. The smallest absolute Gasteiger partial charge is 0.124 e. The van der Waals surface area contributed by atoms with Gasteiger partial charge in [-0.1, -0.05) is 19.4 Å². The van der Waals surface area contributed by atoms with Crippen LogP contribution < -0.4 is 0 Å². The molecule has 0 N–H and O–H groups in total. The van der Waals surface area contributed by atoms with Crippen LogP contribution in [-0.4, -0.2) is 5.25 Å². The van der Waals surface area contributed by atoms with Crippen molar-refractivity contribution in [1.82, 2.24) is 0 Å². The molecule has 1 fully saturated rings. The Bertz CT molecular complexity index is 440. The molecular weight excluding hydrogens is 245 g/mol. The van der Waals surface area contributed by atoms with Crippen LogP contribution in [0, 0.1) is 29.0 Å². The van der Waals surface area contributed by atoms with Crippen LogP contribution in [-0.2, 0) is 0 Å². The Morgan fingerprint density at radius 2 is 2.28 bits per heavy atom.